The maximum Gasteiger partial charge on any atom is 0.250 e. The van der Waals surface area contributed by atoms with E-state index in [1.807, 2.05) is 44.2 Å². The molecule has 0 spiro atoms. The Hall–Kier alpha value is -1.84. The summed E-state index contributed by atoms with van der Waals surface area (Å²) in [4.78, 5) is 27.0. The van der Waals surface area contributed by atoms with E-state index in [2.05, 4.69) is 5.32 Å². The molecule has 2 aliphatic rings. The molecule has 3 rings (SSSR count). The zero-order chi connectivity index (χ0) is 14.3. The van der Waals surface area contributed by atoms with E-state index < -0.39 is 6.04 Å². The number of benzene rings is 1. The summed E-state index contributed by atoms with van der Waals surface area (Å²) < 4.78 is 0. The molecule has 1 aliphatic carbocycles. The summed E-state index contributed by atoms with van der Waals surface area (Å²) in [5.74, 6) is 0.357. The van der Waals surface area contributed by atoms with E-state index in [0.717, 1.165) is 18.4 Å². The van der Waals surface area contributed by atoms with Crippen molar-refractivity contribution in [2.24, 2.45) is 5.92 Å². The van der Waals surface area contributed by atoms with E-state index in [1.54, 1.807) is 4.90 Å². The van der Waals surface area contributed by atoms with Crippen molar-refractivity contribution in [2.75, 3.05) is 0 Å². The van der Waals surface area contributed by atoms with E-state index in [0.29, 0.717) is 5.92 Å². The zero-order valence-electron chi connectivity index (χ0n) is 11.9. The van der Waals surface area contributed by atoms with Crippen LogP contribution in [-0.2, 0) is 9.59 Å². The van der Waals surface area contributed by atoms with Crippen LogP contribution in [0.25, 0.3) is 0 Å². The van der Waals surface area contributed by atoms with Gasteiger partial charge in [-0.15, -0.1) is 0 Å². The fourth-order valence-corrected chi connectivity index (χ4v) is 3.00. The lowest BCUT2D eigenvalue weighted by Gasteiger charge is -2.41. The molecule has 1 aromatic rings. The van der Waals surface area contributed by atoms with Gasteiger partial charge in [0.15, 0.2) is 0 Å². The maximum atomic E-state index is 12.8. The largest absolute Gasteiger partial charge is 0.339 e. The summed E-state index contributed by atoms with van der Waals surface area (Å²) in [5, 5.41) is 2.91. The van der Waals surface area contributed by atoms with Crippen LogP contribution >= 0.6 is 0 Å². The van der Waals surface area contributed by atoms with Gasteiger partial charge < -0.3 is 10.2 Å². The third-order valence-electron chi connectivity index (χ3n) is 4.11. The van der Waals surface area contributed by atoms with Crippen LogP contribution < -0.4 is 5.32 Å². The van der Waals surface area contributed by atoms with Crippen molar-refractivity contribution in [1.82, 2.24) is 10.2 Å². The summed E-state index contributed by atoms with van der Waals surface area (Å²) in [7, 11) is 0. The minimum Gasteiger partial charge on any atom is -0.339 e. The Bertz CT molecular complexity index is 523. The van der Waals surface area contributed by atoms with Gasteiger partial charge >= 0.3 is 0 Å². The predicted molar refractivity (Wildman–Crippen MR) is 75.8 cm³/mol. The van der Waals surface area contributed by atoms with E-state index in [9.17, 15) is 9.59 Å². The fourth-order valence-electron chi connectivity index (χ4n) is 3.00. The lowest BCUT2D eigenvalue weighted by molar-refractivity contribution is -0.152. The Morgan fingerprint density at radius 3 is 2.35 bits per heavy atom. The molecule has 1 aromatic carbocycles. The van der Waals surface area contributed by atoms with Gasteiger partial charge in [0, 0.05) is 6.04 Å². The van der Waals surface area contributed by atoms with E-state index in [1.165, 1.54) is 0 Å². The van der Waals surface area contributed by atoms with Crippen LogP contribution in [0.3, 0.4) is 0 Å². The lowest BCUT2D eigenvalue weighted by Crippen LogP contribution is -2.62. The first-order chi connectivity index (χ1) is 9.59. The molecule has 0 aromatic heterocycles. The first kappa shape index (κ1) is 13.2. The highest BCUT2D eigenvalue weighted by atomic mass is 16.2. The second kappa shape index (κ2) is 4.93. The summed E-state index contributed by atoms with van der Waals surface area (Å²) in [6, 6.07) is 8.70. The van der Waals surface area contributed by atoms with Crippen molar-refractivity contribution in [3.8, 4) is 0 Å². The molecule has 1 saturated heterocycles. The molecule has 1 heterocycles. The average Bonchev–Trinajstić information content (AvgIpc) is 3.25. The van der Waals surface area contributed by atoms with Gasteiger partial charge in [0.1, 0.15) is 12.1 Å². The third kappa shape index (κ3) is 2.19. The topological polar surface area (TPSA) is 49.4 Å². The molecule has 2 amide bonds. The standard InChI is InChI=1S/C16H20N2O2/c1-10(2)18-14(12-8-9-12)15(19)17-13(16(18)20)11-6-4-3-5-7-11/h3-7,10,12-14H,8-9H2,1-2H3,(H,17,19). The van der Waals surface area contributed by atoms with E-state index >= 15 is 0 Å². The molecule has 0 bridgehead atoms. The van der Waals surface area contributed by atoms with Crippen molar-refractivity contribution in [3.05, 3.63) is 35.9 Å². The number of carbonyl (C=O) groups is 2. The van der Waals surface area contributed by atoms with Crippen LogP contribution in [0.4, 0.5) is 0 Å². The highest BCUT2D eigenvalue weighted by Gasteiger charge is 2.48. The molecular formula is C16H20N2O2. The van der Waals surface area contributed by atoms with Crippen LogP contribution in [0.2, 0.25) is 0 Å². The highest BCUT2D eigenvalue weighted by Crippen LogP contribution is 2.39. The number of hydrogen-bond donors (Lipinski definition) is 1. The Balaban J connectivity index is 1.92. The maximum absolute atomic E-state index is 12.8. The molecule has 4 heteroatoms. The van der Waals surface area contributed by atoms with Crippen molar-refractivity contribution in [1.29, 1.82) is 0 Å². The summed E-state index contributed by atoms with van der Waals surface area (Å²) >= 11 is 0. The van der Waals surface area contributed by atoms with Crippen molar-refractivity contribution >= 4 is 11.8 Å². The molecule has 20 heavy (non-hydrogen) atoms. The van der Waals surface area contributed by atoms with Crippen molar-refractivity contribution in [2.45, 2.75) is 44.8 Å². The number of hydrogen-bond acceptors (Lipinski definition) is 2. The normalized spacial score (nSPS) is 26.9. The number of nitrogens with one attached hydrogen (secondary N) is 1. The first-order valence-corrected chi connectivity index (χ1v) is 7.27. The molecule has 1 N–H and O–H groups in total. The van der Waals surface area contributed by atoms with Gasteiger partial charge in [-0.25, -0.2) is 0 Å². The van der Waals surface area contributed by atoms with Crippen LogP contribution in [0, 0.1) is 5.92 Å². The van der Waals surface area contributed by atoms with Gasteiger partial charge in [0.05, 0.1) is 0 Å². The van der Waals surface area contributed by atoms with Crippen LogP contribution in [0.5, 0.6) is 0 Å². The molecule has 1 saturated carbocycles. The summed E-state index contributed by atoms with van der Waals surface area (Å²) in [5.41, 5.74) is 0.853. The average molecular weight is 272 g/mol. The number of nitrogens with zero attached hydrogens (tertiary/aromatic N) is 1. The fraction of sp³-hybridized carbons (Fsp3) is 0.500. The Morgan fingerprint density at radius 2 is 1.80 bits per heavy atom. The molecule has 106 valence electrons. The molecule has 2 atom stereocenters. The Labute approximate surface area is 119 Å². The minimum absolute atomic E-state index is 0.00495. The predicted octanol–water partition coefficient (Wildman–Crippen LogP) is 1.87. The van der Waals surface area contributed by atoms with Crippen LogP contribution in [-0.4, -0.2) is 28.8 Å². The third-order valence-corrected chi connectivity index (χ3v) is 4.11. The van der Waals surface area contributed by atoms with Gasteiger partial charge in [-0.2, -0.15) is 0 Å². The minimum atomic E-state index is -0.541. The zero-order valence-corrected chi connectivity index (χ0v) is 11.9. The van der Waals surface area contributed by atoms with Gasteiger partial charge in [-0.3, -0.25) is 9.59 Å². The summed E-state index contributed by atoms with van der Waals surface area (Å²) in [6.45, 7) is 3.96. The summed E-state index contributed by atoms with van der Waals surface area (Å²) in [6.07, 6.45) is 2.09. The second-order valence-electron chi connectivity index (χ2n) is 5.97. The Kier molecular flexibility index (Phi) is 3.24. The van der Waals surface area contributed by atoms with Gasteiger partial charge in [-0.1, -0.05) is 30.3 Å². The molecule has 0 radical (unpaired) electrons. The van der Waals surface area contributed by atoms with Gasteiger partial charge in [0.25, 0.3) is 5.91 Å². The molecule has 1 aliphatic heterocycles. The molecule has 2 unspecified atom stereocenters. The van der Waals surface area contributed by atoms with Crippen LogP contribution in [0.1, 0.15) is 38.3 Å². The molecule has 4 nitrogen and oxygen atoms in total. The first-order valence-electron chi connectivity index (χ1n) is 7.27. The molecule has 2 fully saturated rings. The number of amides is 2. The van der Waals surface area contributed by atoms with E-state index in [4.69, 9.17) is 0 Å². The number of carbonyl (C=O) groups excluding carboxylic acids is 2. The van der Waals surface area contributed by atoms with Crippen molar-refractivity contribution < 1.29 is 9.59 Å². The quantitative estimate of drug-likeness (QED) is 0.913. The van der Waals surface area contributed by atoms with E-state index in [-0.39, 0.29) is 23.9 Å². The lowest BCUT2D eigenvalue weighted by atomic mass is 9.97. The second-order valence-corrected chi connectivity index (χ2v) is 5.97. The Morgan fingerprint density at radius 1 is 1.15 bits per heavy atom. The number of rotatable bonds is 3. The van der Waals surface area contributed by atoms with Crippen LogP contribution in [0.15, 0.2) is 30.3 Å². The molecular weight excluding hydrogens is 252 g/mol. The monoisotopic (exact) mass is 272 g/mol. The SMILES string of the molecule is CC(C)N1C(=O)C(c2ccccc2)NC(=O)C1C1CC1. The number of piperazine rings is 1. The highest BCUT2D eigenvalue weighted by molar-refractivity contribution is 5.98. The van der Waals surface area contributed by atoms with Crippen molar-refractivity contribution in [3.63, 3.8) is 0 Å². The van der Waals surface area contributed by atoms with Gasteiger partial charge in [-0.05, 0) is 38.2 Å². The van der Waals surface area contributed by atoms with Gasteiger partial charge in [0.2, 0.25) is 5.91 Å². The smallest absolute Gasteiger partial charge is 0.250 e.